The van der Waals surface area contributed by atoms with Gasteiger partial charge >= 0.3 is 6.03 Å². The quantitative estimate of drug-likeness (QED) is 0.250. The lowest BCUT2D eigenvalue weighted by Crippen LogP contribution is -2.50. The number of benzene rings is 3. The summed E-state index contributed by atoms with van der Waals surface area (Å²) in [7, 11) is 0. The van der Waals surface area contributed by atoms with E-state index in [-0.39, 0.29) is 30.3 Å². The molecule has 0 radical (unpaired) electrons. The van der Waals surface area contributed by atoms with E-state index in [1.165, 1.54) is 10.6 Å². The number of carbonyl (C=O) groups excluding carboxylic acids is 3. The summed E-state index contributed by atoms with van der Waals surface area (Å²) in [6, 6.07) is 26.2. The summed E-state index contributed by atoms with van der Waals surface area (Å²) in [5.41, 5.74) is 7.30. The molecule has 2 atom stereocenters. The lowest BCUT2D eigenvalue weighted by molar-refractivity contribution is -0.120. The summed E-state index contributed by atoms with van der Waals surface area (Å²) < 4.78 is 0. The molecule has 252 valence electrons. The maximum Gasteiger partial charge on any atom is 0.329 e. The van der Waals surface area contributed by atoms with Crippen LogP contribution in [-0.4, -0.2) is 71.7 Å². The van der Waals surface area contributed by atoms with Crippen LogP contribution in [0.1, 0.15) is 44.0 Å². The molecule has 2 N–H and O–H groups in total. The molecule has 0 spiro atoms. The zero-order valence-electron chi connectivity index (χ0n) is 27.6. The molecule has 0 saturated carbocycles. The number of rotatable bonds is 7. The molecular weight excluding hydrogens is 640 g/mol. The number of aromatic nitrogens is 2. The normalized spacial score (nSPS) is 19.8. The molecule has 3 aliphatic rings. The third-order valence-corrected chi connectivity index (χ3v) is 9.82. The molecule has 3 aromatic carbocycles. The van der Waals surface area contributed by atoms with Gasteiger partial charge in [0.15, 0.2) is 5.82 Å². The molecule has 11 nitrogen and oxygen atoms in total. The number of fused-ring (bicyclic) bond motifs is 1. The Morgan fingerprint density at radius 3 is 2.31 bits per heavy atom. The topological polar surface area (TPSA) is 114 Å². The van der Waals surface area contributed by atoms with Gasteiger partial charge in [0.2, 0.25) is 11.8 Å². The van der Waals surface area contributed by atoms with Gasteiger partial charge in [0, 0.05) is 80.7 Å². The Morgan fingerprint density at radius 1 is 0.898 bits per heavy atom. The van der Waals surface area contributed by atoms with Gasteiger partial charge in [0.1, 0.15) is 0 Å². The maximum absolute atomic E-state index is 12.7. The number of hydrogen-bond donors (Lipinski definition) is 2. The number of imide groups is 1. The van der Waals surface area contributed by atoms with Gasteiger partial charge in [-0.05, 0) is 90.7 Å². The number of hydrogen-bond acceptors (Lipinski definition) is 8. The number of carbonyl (C=O) groups is 3. The van der Waals surface area contributed by atoms with Crippen molar-refractivity contribution in [2.45, 2.75) is 45.3 Å². The minimum Gasteiger partial charge on any atom is -0.378 e. The molecule has 3 aliphatic heterocycles. The number of amides is 4. The first-order chi connectivity index (χ1) is 23.7. The van der Waals surface area contributed by atoms with Crippen LogP contribution in [0.15, 0.2) is 78.9 Å². The molecular formula is C37H39ClN8O3. The summed E-state index contributed by atoms with van der Waals surface area (Å²) in [6.45, 7) is 8.27. The van der Waals surface area contributed by atoms with Crippen LogP contribution in [0.4, 0.5) is 27.7 Å². The average molecular weight is 679 g/mol. The minimum absolute atomic E-state index is 0.0457. The van der Waals surface area contributed by atoms with Gasteiger partial charge in [-0.15, -0.1) is 5.10 Å². The molecule has 0 aliphatic carbocycles. The number of piperazine rings is 1. The average Bonchev–Trinajstić information content (AvgIpc) is 3.10. The summed E-state index contributed by atoms with van der Waals surface area (Å²) in [5.74, 6) is 0.218. The molecule has 7 rings (SSSR count). The second-order valence-electron chi connectivity index (χ2n) is 12.9. The summed E-state index contributed by atoms with van der Waals surface area (Å²) >= 11 is 6.13. The van der Waals surface area contributed by atoms with Crippen molar-refractivity contribution in [3.8, 4) is 11.1 Å². The van der Waals surface area contributed by atoms with Gasteiger partial charge in [0.05, 0.1) is 11.7 Å². The SMILES string of the molecule is CC(=O)N1c2ccc(-c3ccc(N4CCN(Cc5ccc(N6CCC(=O)NC6=O)nn5)CC4)cc3)cc2C(Nc2ccc(Cl)cc2)CC1C. The second-order valence-corrected chi connectivity index (χ2v) is 13.3. The zero-order chi connectivity index (χ0) is 34.1. The van der Waals surface area contributed by atoms with Crippen LogP contribution in [0.25, 0.3) is 11.1 Å². The van der Waals surface area contributed by atoms with E-state index in [9.17, 15) is 14.4 Å². The third-order valence-electron chi connectivity index (χ3n) is 9.56. The molecule has 2 fully saturated rings. The van der Waals surface area contributed by atoms with Gasteiger partial charge in [-0.3, -0.25) is 24.7 Å². The number of nitrogens with one attached hydrogen (secondary N) is 2. The number of anilines is 4. The van der Waals surface area contributed by atoms with Crippen LogP contribution in [0.3, 0.4) is 0 Å². The Labute approximate surface area is 290 Å². The Balaban J connectivity index is 0.995. The molecule has 2 unspecified atom stereocenters. The van der Waals surface area contributed by atoms with Crippen molar-refractivity contribution in [3.63, 3.8) is 0 Å². The molecule has 49 heavy (non-hydrogen) atoms. The van der Waals surface area contributed by atoms with Crippen molar-refractivity contribution in [1.82, 2.24) is 20.4 Å². The summed E-state index contributed by atoms with van der Waals surface area (Å²) in [6.07, 6.45) is 1.04. The summed E-state index contributed by atoms with van der Waals surface area (Å²) in [5, 5.41) is 15.3. The van der Waals surface area contributed by atoms with Crippen molar-refractivity contribution < 1.29 is 14.4 Å². The van der Waals surface area contributed by atoms with Crippen molar-refractivity contribution in [1.29, 1.82) is 0 Å². The van der Waals surface area contributed by atoms with E-state index in [0.717, 1.165) is 66.4 Å². The fourth-order valence-corrected chi connectivity index (χ4v) is 7.16. The summed E-state index contributed by atoms with van der Waals surface area (Å²) in [4.78, 5) is 44.3. The predicted octanol–water partition coefficient (Wildman–Crippen LogP) is 5.86. The Kier molecular flexibility index (Phi) is 9.20. The van der Waals surface area contributed by atoms with Gasteiger partial charge in [-0.2, -0.15) is 5.10 Å². The van der Waals surface area contributed by atoms with E-state index in [2.05, 4.69) is 80.0 Å². The zero-order valence-corrected chi connectivity index (χ0v) is 28.4. The minimum atomic E-state index is -0.461. The van der Waals surface area contributed by atoms with E-state index < -0.39 is 6.03 Å². The Hall–Kier alpha value is -5.00. The Morgan fingerprint density at radius 2 is 1.63 bits per heavy atom. The van der Waals surface area contributed by atoms with Gasteiger partial charge in [-0.25, -0.2) is 4.79 Å². The van der Waals surface area contributed by atoms with Crippen LogP contribution in [0, 0.1) is 0 Å². The molecule has 2 saturated heterocycles. The highest BCUT2D eigenvalue weighted by Gasteiger charge is 2.33. The first-order valence-corrected chi connectivity index (χ1v) is 17.1. The number of halogens is 1. The van der Waals surface area contributed by atoms with Crippen LogP contribution in [0.5, 0.6) is 0 Å². The van der Waals surface area contributed by atoms with E-state index in [4.69, 9.17) is 11.6 Å². The van der Waals surface area contributed by atoms with Gasteiger partial charge in [0.25, 0.3) is 0 Å². The monoisotopic (exact) mass is 678 g/mol. The lowest BCUT2D eigenvalue weighted by atomic mass is 9.89. The molecule has 12 heteroatoms. The van der Waals surface area contributed by atoms with E-state index in [1.54, 1.807) is 13.0 Å². The molecule has 4 amide bonds. The van der Waals surface area contributed by atoms with Crippen LogP contribution >= 0.6 is 11.6 Å². The van der Waals surface area contributed by atoms with Gasteiger partial charge < -0.3 is 15.1 Å². The lowest BCUT2D eigenvalue weighted by Gasteiger charge is -2.40. The fraction of sp³-hybridized carbons (Fsp3) is 0.324. The maximum atomic E-state index is 12.7. The molecule has 4 heterocycles. The van der Waals surface area contributed by atoms with Gasteiger partial charge in [-0.1, -0.05) is 29.8 Å². The van der Waals surface area contributed by atoms with Crippen molar-refractivity contribution in [3.05, 3.63) is 95.1 Å². The van der Waals surface area contributed by atoms with Crippen LogP contribution < -0.4 is 25.3 Å². The van der Waals surface area contributed by atoms with Crippen molar-refractivity contribution >= 4 is 52.3 Å². The third kappa shape index (κ3) is 7.09. The highest BCUT2D eigenvalue weighted by molar-refractivity contribution is 6.30. The highest BCUT2D eigenvalue weighted by Crippen LogP contribution is 2.41. The smallest absolute Gasteiger partial charge is 0.329 e. The predicted molar refractivity (Wildman–Crippen MR) is 192 cm³/mol. The first kappa shape index (κ1) is 32.5. The standard InChI is InChI=1S/C37H39ClN8O3/c1-24-21-33(39-29-8-6-28(38)7-9-29)32-22-27(5-13-34(32)46(24)25(2)47)26-3-11-31(12-4-26)44-19-17-43(18-20-44)23-30-10-14-35(42-41-30)45-16-15-36(48)40-37(45)49/h3-14,22,24,33,39H,15-21,23H2,1-2H3,(H,40,48,49). The van der Waals surface area contributed by atoms with Crippen LogP contribution in [-0.2, 0) is 16.1 Å². The van der Waals surface area contributed by atoms with E-state index in [1.807, 2.05) is 35.2 Å². The highest BCUT2D eigenvalue weighted by atomic mass is 35.5. The number of nitrogens with zero attached hydrogens (tertiary/aromatic N) is 6. The van der Waals surface area contributed by atoms with Crippen molar-refractivity contribution in [2.75, 3.05) is 52.7 Å². The molecule has 0 bridgehead atoms. The van der Waals surface area contributed by atoms with E-state index in [0.29, 0.717) is 23.9 Å². The molecule has 4 aromatic rings. The van der Waals surface area contributed by atoms with Crippen LogP contribution in [0.2, 0.25) is 5.02 Å². The Bertz CT molecular complexity index is 1840. The fourth-order valence-electron chi connectivity index (χ4n) is 7.03. The first-order valence-electron chi connectivity index (χ1n) is 16.7. The number of urea groups is 1. The van der Waals surface area contributed by atoms with E-state index >= 15 is 0 Å². The second kappa shape index (κ2) is 13.9. The van der Waals surface area contributed by atoms with Crippen molar-refractivity contribution in [2.24, 2.45) is 0 Å². The molecule has 1 aromatic heterocycles. The largest absolute Gasteiger partial charge is 0.378 e.